The molecule has 0 radical (unpaired) electrons. The first-order valence-electron chi connectivity index (χ1n) is 12.1. The summed E-state index contributed by atoms with van der Waals surface area (Å²) < 4.78 is 0. The maximum atomic E-state index is 5.93. The Morgan fingerprint density at radius 2 is 1.83 bits per heavy atom. The Balaban J connectivity index is 1.42. The van der Waals surface area contributed by atoms with Crippen LogP contribution in [0.25, 0.3) is 0 Å². The molecule has 0 aromatic heterocycles. The Morgan fingerprint density at radius 3 is 2.60 bits per heavy atom. The number of amidine groups is 1. The fraction of sp³-hybridized carbons (Fsp3) is 0.680. The van der Waals surface area contributed by atoms with Crippen LogP contribution in [-0.4, -0.2) is 59.0 Å². The van der Waals surface area contributed by atoms with Crippen molar-refractivity contribution in [3.63, 3.8) is 0 Å². The van der Waals surface area contributed by atoms with Crippen molar-refractivity contribution < 1.29 is 0 Å². The van der Waals surface area contributed by atoms with Crippen LogP contribution in [0.4, 0.5) is 0 Å². The van der Waals surface area contributed by atoms with Crippen molar-refractivity contribution in [2.24, 2.45) is 4.99 Å². The highest BCUT2D eigenvalue weighted by molar-refractivity contribution is 7.80. The molecule has 2 aliphatic heterocycles. The highest BCUT2D eigenvalue weighted by atomic mass is 32.1. The van der Waals surface area contributed by atoms with E-state index in [1.54, 1.807) is 0 Å². The Hall–Kier alpha value is -1.62. The summed E-state index contributed by atoms with van der Waals surface area (Å²) >= 11 is 5.93. The van der Waals surface area contributed by atoms with Gasteiger partial charge in [-0.1, -0.05) is 57.0 Å². The number of nitrogens with one attached hydrogen (secondary N) is 1. The monoisotopic (exact) mass is 428 g/mol. The maximum absolute atomic E-state index is 5.93. The highest BCUT2D eigenvalue weighted by Crippen LogP contribution is 2.22. The number of thiocarbonyl (C=S) groups is 1. The van der Waals surface area contributed by atoms with E-state index in [0.717, 1.165) is 44.1 Å². The number of nitrogens with zero attached hydrogens (tertiary/aromatic N) is 3. The molecule has 0 unspecified atom stereocenters. The normalized spacial score (nSPS) is 21.3. The third-order valence-corrected chi connectivity index (χ3v) is 6.85. The van der Waals surface area contributed by atoms with Gasteiger partial charge in [-0.05, 0) is 56.3 Å². The predicted molar refractivity (Wildman–Crippen MR) is 132 cm³/mol. The van der Waals surface area contributed by atoms with Crippen molar-refractivity contribution in [1.82, 2.24) is 15.1 Å². The van der Waals surface area contributed by atoms with E-state index in [4.69, 9.17) is 12.2 Å². The molecule has 1 aromatic rings. The van der Waals surface area contributed by atoms with Crippen LogP contribution in [-0.2, 0) is 6.42 Å². The molecular formula is C25H40N4S. The SMILES string of the molecule is CCCC[C@H]1CN(CCCC[C@H]2CN=C(CCC)N2)C(=S)N1CCc1ccccc1. The van der Waals surface area contributed by atoms with Crippen LogP contribution >= 0.6 is 12.2 Å². The van der Waals surface area contributed by atoms with E-state index < -0.39 is 0 Å². The fourth-order valence-electron chi connectivity index (χ4n) is 4.61. The minimum Gasteiger partial charge on any atom is -0.369 e. The molecular weight excluding hydrogens is 388 g/mol. The van der Waals surface area contributed by atoms with Crippen molar-refractivity contribution in [3.05, 3.63) is 35.9 Å². The average molecular weight is 429 g/mol. The van der Waals surface area contributed by atoms with E-state index in [1.165, 1.54) is 56.3 Å². The minimum absolute atomic E-state index is 0.553. The molecule has 1 fully saturated rings. The van der Waals surface area contributed by atoms with E-state index >= 15 is 0 Å². The van der Waals surface area contributed by atoms with Gasteiger partial charge in [-0.2, -0.15) is 0 Å². The number of hydrogen-bond acceptors (Lipinski definition) is 3. The van der Waals surface area contributed by atoms with Gasteiger partial charge in [-0.25, -0.2) is 0 Å². The second kappa shape index (κ2) is 12.3. The lowest BCUT2D eigenvalue weighted by atomic mass is 10.1. The zero-order valence-corrected chi connectivity index (χ0v) is 19.8. The lowest BCUT2D eigenvalue weighted by Crippen LogP contribution is -2.36. The number of benzene rings is 1. The molecule has 3 rings (SSSR count). The number of aliphatic imine (C=N–C) groups is 1. The molecule has 2 atom stereocenters. The van der Waals surface area contributed by atoms with Gasteiger partial charge in [0.15, 0.2) is 5.11 Å². The first kappa shape index (κ1) is 23.1. The Kier molecular flexibility index (Phi) is 9.44. The molecule has 0 bridgehead atoms. The maximum Gasteiger partial charge on any atom is 0.171 e. The Labute approximate surface area is 189 Å². The summed E-state index contributed by atoms with van der Waals surface area (Å²) in [5.41, 5.74) is 1.40. The first-order chi connectivity index (χ1) is 14.7. The molecule has 0 saturated carbocycles. The van der Waals surface area contributed by atoms with Crippen LogP contribution in [0.3, 0.4) is 0 Å². The van der Waals surface area contributed by atoms with Gasteiger partial charge in [0.2, 0.25) is 0 Å². The van der Waals surface area contributed by atoms with E-state index in [-0.39, 0.29) is 0 Å². The van der Waals surface area contributed by atoms with Gasteiger partial charge < -0.3 is 15.1 Å². The third kappa shape index (κ3) is 6.69. The quantitative estimate of drug-likeness (QED) is 0.353. The summed E-state index contributed by atoms with van der Waals surface area (Å²) in [7, 11) is 0. The lowest BCUT2D eigenvalue weighted by Gasteiger charge is -2.25. The van der Waals surface area contributed by atoms with Crippen LogP contribution in [0, 0.1) is 0 Å². The molecule has 2 heterocycles. The largest absolute Gasteiger partial charge is 0.369 e. The van der Waals surface area contributed by atoms with Gasteiger partial charge in [-0.3, -0.25) is 4.99 Å². The van der Waals surface area contributed by atoms with Gasteiger partial charge in [0.05, 0.1) is 12.4 Å². The van der Waals surface area contributed by atoms with Crippen molar-refractivity contribution >= 4 is 23.2 Å². The predicted octanol–water partition coefficient (Wildman–Crippen LogP) is 5.03. The molecule has 30 heavy (non-hydrogen) atoms. The molecule has 166 valence electrons. The van der Waals surface area contributed by atoms with Gasteiger partial charge in [0.1, 0.15) is 0 Å². The summed E-state index contributed by atoms with van der Waals surface area (Å²) in [6.45, 7) is 8.71. The fourth-order valence-corrected chi connectivity index (χ4v) is 5.01. The zero-order chi connectivity index (χ0) is 21.2. The number of unbranched alkanes of at least 4 members (excludes halogenated alkanes) is 2. The molecule has 1 aromatic carbocycles. The lowest BCUT2D eigenvalue weighted by molar-refractivity contribution is 0.320. The van der Waals surface area contributed by atoms with Gasteiger partial charge in [0, 0.05) is 38.1 Å². The van der Waals surface area contributed by atoms with Gasteiger partial charge in [0.25, 0.3) is 0 Å². The average Bonchev–Trinajstić information content (AvgIpc) is 3.33. The van der Waals surface area contributed by atoms with Crippen LogP contribution in [0.2, 0.25) is 0 Å². The topological polar surface area (TPSA) is 30.9 Å². The molecule has 1 N–H and O–H groups in total. The molecule has 4 nitrogen and oxygen atoms in total. The van der Waals surface area contributed by atoms with E-state index in [9.17, 15) is 0 Å². The zero-order valence-electron chi connectivity index (χ0n) is 19.0. The van der Waals surface area contributed by atoms with Crippen LogP contribution < -0.4 is 5.32 Å². The Morgan fingerprint density at radius 1 is 1.00 bits per heavy atom. The van der Waals surface area contributed by atoms with Crippen LogP contribution in [0.15, 0.2) is 35.3 Å². The number of hydrogen-bond donors (Lipinski definition) is 1. The van der Waals surface area contributed by atoms with Crippen molar-refractivity contribution in [2.45, 2.75) is 83.7 Å². The van der Waals surface area contributed by atoms with Crippen molar-refractivity contribution in [2.75, 3.05) is 26.2 Å². The molecule has 0 amide bonds. The van der Waals surface area contributed by atoms with E-state index in [1.807, 2.05) is 0 Å². The summed E-state index contributed by atoms with van der Waals surface area (Å²) in [6, 6.07) is 11.9. The summed E-state index contributed by atoms with van der Waals surface area (Å²) in [6.07, 6.45) is 10.8. The smallest absolute Gasteiger partial charge is 0.171 e. The second-order valence-corrected chi connectivity index (χ2v) is 9.19. The van der Waals surface area contributed by atoms with Crippen molar-refractivity contribution in [1.29, 1.82) is 0 Å². The van der Waals surface area contributed by atoms with E-state index in [0.29, 0.717) is 12.1 Å². The third-order valence-electron chi connectivity index (χ3n) is 6.35. The molecule has 2 aliphatic rings. The molecule has 0 aliphatic carbocycles. The highest BCUT2D eigenvalue weighted by Gasteiger charge is 2.32. The summed E-state index contributed by atoms with van der Waals surface area (Å²) in [5.74, 6) is 1.22. The first-order valence-corrected chi connectivity index (χ1v) is 12.5. The molecule has 1 saturated heterocycles. The standard InChI is InChI=1S/C25H40N4S/c1-3-5-15-23-20-28(17-10-9-14-22-19-26-24(27-22)11-4-2)25(30)29(23)18-16-21-12-7-6-8-13-21/h6-8,12-13,22-23H,3-5,9-11,14-20H2,1-2H3,(H,26,27)/t22-,23-/m0/s1. The van der Waals surface area contributed by atoms with Crippen molar-refractivity contribution in [3.8, 4) is 0 Å². The number of rotatable bonds is 13. The summed E-state index contributed by atoms with van der Waals surface area (Å²) in [4.78, 5) is 9.63. The summed E-state index contributed by atoms with van der Waals surface area (Å²) in [5, 5.41) is 4.68. The van der Waals surface area contributed by atoms with Gasteiger partial charge >= 0.3 is 0 Å². The van der Waals surface area contributed by atoms with Gasteiger partial charge in [-0.15, -0.1) is 0 Å². The molecule has 5 heteroatoms. The van der Waals surface area contributed by atoms with E-state index in [2.05, 4.69) is 64.3 Å². The second-order valence-electron chi connectivity index (χ2n) is 8.83. The van der Waals surface area contributed by atoms with Crippen LogP contribution in [0.1, 0.15) is 70.8 Å². The van der Waals surface area contributed by atoms with Crippen LogP contribution in [0.5, 0.6) is 0 Å². The molecule has 0 spiro atoms. The Bertz CT molecular complexity index is 675. The minimum atomic E-state index is 0.553.